The number of aromatic nitrogens is 8. The van der Waals surface area contributed by atoms with Crippen LogP contribution in [0.1, 0.15) is 6.92 Å². The van der Waals surface area contributed by atoms with Crippen LogP contribution < -0.4 is 15.6 Å². The van der Waals surface area contributed by atoms with Crippen molar-refractivity contribution in [3.63, 3.8) is 0 Å². The zero-order valence-corrected chi connectivity index (χ0v) is 15.9. The fourth-order valence-electron chi connectivity index (χ4n) is 2.89. The van der Waals surface area contributed by atoms with E-state index in [9.17, 15) is 18.0 Å². The molecule has 4 aromatic heterocycles. The molecular formula is C17H16F3N10O+. The van der Waals surface area contributed by atoms with Gasteiger partial charge >= 0.3 is 6.18 Å². The Morgan fingerprint density at radius 3 is 2.90 bits per heavy atom. The van der Waals surface area contributed by atoms with Crippen molar-refractivity contribution in [1.29, 1.82) is 0 Å². The average Bonchev–Trinajstić information content (AvgIpc) is 3.41. The molecule has 0 aliphatic carbocycles. The number of aromatic amines is 3. The highest BCUT2D eigenvalue weighted by Crippen LogP contribution is 2.30. The van der Waals surface area contributed by atoms with Crippen molar-refractivity contribution < 1.29 is 22.9 Å². The molecule has 1 atom stereocenters. The van der Waals surface area contributed by atoms with Crippen LogP contribution in [0.2, 0.25) is 0 Å². The molecule has 4 aromatic rings. The van der Waals surface area contributed by atoms with Crippen LogP contribution in [-0.2, 0) is 4.79 Å². The Hall–Kier alpha value is -4.10. The van der Waals surface area contributed by atoms with Gasteiger partial charge in [-0.25, -0.2) is 9.97 Å². The average molecular weight is 433 g/mol. The molecule has 11 nitrogen and oxygen atoms in total. The van der Waals surface area contributed by atoms with Crippen molar-refractivity contribution >= 4 is 22.8 Å². The van der Waals surface area contributed by atoms with Crippen LogP contribution in [-0.4, -0.2) is 60.2 Å². The van der Waals surface area contributed by atoms with Crippen LogP contribution in [0.5, 0.6) is 0 Å². The van der Waals surface area contributed by atoms with Gasteiger partial charge in [0.15, 0.2) is 0 Å². The third kappa shape index (κ3) is 4.57. The molecule has 0 fully saturated rings. The van der Waals surface area contributed by atoms with Gasteiger partial charge in [-0.05, 0) is 29.3 Å². The van der Waals surface area contributed by atoms with Gasteiger partial charge in [-0.1, -0.05) is 0 Å². The molecule has 0 spiro atoms. The lowest BCUT2D eigenvalue weighted by Gasteiger charge is -2.16. The molecule has 0 saturated heterocycles. The number of nitrogens with one attached hydrogen (secondary N) is 5. The topological polar surface area (TPSA) is 151 Å². The first-order chi connectivity index (χ1) is 14.8. The van der Waals surface area contributed by atoms with Crippen LogP contribution in [0, 0.1) is 0 Å². The maximum atomic E-state index is 12.4. The van der Waals surface area contributed by atoms with E-state index in [1.54, 1.807) is 24.5 Å². The summed E-state index contributed by atoms with van der Waals surface area (Å²) >= 11 is 0. The maximum Gasteiger partial charge on any atom is 0.405 e. The Morgan fingerprint density at radius 2 is 2.16 bits per heavy atom. The zero-order chi connectivity index (χ0) is 22.0. The molecule has 31 heavy (non-hydrogen) atoms. The summed E-state index contributed by atoms with van der Waals surface area (Å²) in [6.45, 7) is 0.0108. The maximum absolute atomic E-state index is 12.4. The number of fused-ring (bicyclic) bond motifs is 1. The molecule has 0 aliphatic rings. The molecule has 5 N–H and O–H groups in total. The van der Waals surface area contributed by atoms with Gasteiger partial charge in [0.05, 0.1) is 11.1 Å². The lowest BCUT2D eigenvalue weighted by atomic mass is 10.1. The number of carbonyl (C=O) groups is 1. The van der Waals surface area contributed by atoms with E-state index in [1.807, 2.05) is 5.32 Å². The fraction of sp³-hybridized carbons (Fsp3) is 0.235. The van der Waals surface area contributed by atoms with Crippen molar-refractivity contribution in [3.05, 3.63) is 30.9 Å². The number of alkyl halides is 3. The van der Waals surface area contributed by atoms with Gasteiger partial charge in [0.25, 0.3) is 12.0 Å². The molecule has 0 aromatic carbocycles. The molecule has 1 amide bonds. The number of halogens is 3. The first-order valence-corrected chi connectivity index (χ1v) is 9.00. The van der Waals surface area contributed by atoms with Gasteiger partial charge in [0, 0.05) is 17.3 Å². The summed E-state index contributed by atoms with van der Waals surface area (Å²) in [4.78, 5) is 26.7. The van der Waals surface area contributed by atoms with E-state index in [1.165, 1.54) is 13.3 Å². The number of nitrogens with zero attached hydrogens (tertiary/aromatic N) is 5. The minimum absolute atomic E-state index is 0.245. The Balaban J connectivity index is 1.67. The number of carbonyl (C=O) groups excluding carboxylic acids is 1. The largest absolute Gasteiger partial charge is 0.405 e. The highest BCUT2D eigenvalue weighted by atomic mass is 19.4. The monoisotopic (exact) mass is 433 g/mol. The second kappa shape index (κ2) is 7.97. The minimum atomic E-state index is -4.50. The van der Waals surface area contributed by atoms with Crippen molar-refractivity contribution in [2.75, 3.05) is 11.9 Å². The van der Waals surface area contributed by atoms with Crippen molar-refractivity contribution in [2.45, 2.75) is 19.1 Å². The number of H-pyrrole nitrogens is 3. The van der Waals surface area contributed by atoms with Crippen LogP contribution in [0.4, 0.5) is 19.0 Å². The van der Waals surface area contributed by atoms with Gasteiger partial charge in [0.1, 0.15) is 24.6 Å². The molecule has 0 unspecified atom stereocenters. The highest BCUT2D eigenvalue weighted by Gasteiger charge is 2.29. The molecule has 4 heterocycles. The van der Waals surface area contributed by atoms with E-state index >= 15 is 0 Å². The number of tetrazole rings is 1. The van der Waals surface area contributed by atoms with Crippen molar-refractivity contribution in [3.8, 4) is 22.6 Å². The Labute approximate surface area is 171 Å². The number of rotatable bonds is 6. The van der Waals surface area contributed by atoms with Crippen molar-refractivity contribution in [2.24, 2.45) is 0 Å². The van der Waals surface area contributed by atoms with Crippen LogP contribution in [0.3, 0.4) is 0 Å². The number of anilines is 1. The summed E-state index contributed by atoms with van der Waals surface area (Å²) in [5, 5.41) is 19.2. The second-order valence-electron chi connectivity index (χ2n) is 6.59. The number of hydrogen-bond acceptors (Lipinski definition) is 7. The Morgan fingerprint density at radius 1 is 1.32 bits per heavy atom. The lowest BCUT2D eigenvalue weighted by Crippen LogP contribution is -2.42. The SMILES string of the molecule is C[C@H](Nc1cc(-c2nn[nH]n2)cc(-c2c[nH]c3nc[nH+]cc23)n1)C(=O)NCC(F)(F)F. The molecule has 4 rings (SSSR count). The van der Waals surface area contributed by atoms with E-state index in [0.717, 1.165) is 5.39 Å². The van der Waals surface area contributed by atoms with Gasteiger partial charge < -0.3 is 15.6 Å². The third-order valence-electron chi connectivity index (χ3n) is 4.32. The van der Waals surface area contributed by atoms with Gasteiger partial charge in [-0.2, -0.15) is 18.4 Å². The summed E-state index contributed by atoms with van der Waals surface area (Å²) in [7, 11) is 0. The van der Waals surface area contributed by atoms with Gasteiger partial charge in [-0.15, -0.1) is 10.2 Å². The summed E-state index contributed by atoms with van der Waals surface area (Å²) in [5.74, 6) is -0.295. The number of hydrogen-bond donors (Lipinski definition) is 4. The summed E-state index contributed by atoms with van der Waals surface area (Å²) < 4.78 is 37.1. The van der Waals surface area contributed by atoms with E-state index in [2.05, 4.69) is 45.9 Å². The highest BCUT2D eigenvalue weighted by molar-refractivity contribution is 5.92. The molecule has 14 heteroatoms. The lowest BCUT2D eigenvalue weighted by molar-refractivity contribution is -0.380. The van der Waals surface area contributed by atoms with Crippen LogP contribution in [0.25, 0.3) is 33.7 Å². The van der Waals surface area contributed by atoms with Crippen LogP contribution >= 0.6 is 0 Å². The molecule has 0 saturated carbocycles. The smallest absolute Gasteiger partial charge is 0.359 e. The Bertz CT molecular complexity index is 1200. The Kier molecular flexibility index (Phi) is 5.19. The minimum Gasteiger partial charge on any atom is -0.359 e. The van der Waals surface area contributed by atoms with Crippen LogP contribution in [0.15, 0.2) is 30.9 Å². The second-order valence-corrected chi connectivity index (χ2v) is 6.59. The van der Waals surface area contributed by atoms with Gasteiger partial charge in [0.2, 0.25) is 11.7 Å². The van der Waals surface area contributed by atoms with E-state index in [-0.39, 0.29) is 11.6 Å². The number of pyridine rings is 1. The van der Waals surface area contributed by atoms with E-state index in [0.29, 0.717) is 22.5 Å². The normalized spacial score (nSPS) is 12.6. The van der Waals surface area contributed by atoms with E-state index < -0.39 is 24.7 Å². The molecule has 0 radical (unpaired) electrons. The summed E-state index contributed by atoms with van der Waals surface area (Å²) in [5.41, 5.74) is 2.38. The third-order valence-corrected chi connectivity index (χ3v) is 4.32. The van der Waals surface area contributed by atoms with Gasteiger partial charge in [-0.3, -0.25) is 4.79 Å². The van der Waals surface area contributed by atoms with E-state index in [4.69, 9.17) is 0 Å². The summed E-state index contributed by atoms with van der Waals surface area (Å²) in [6.07, 6.45) is 0.494. The standard InChI is InChI=1S/C17H15F3N10O/c1-8(16(31)23-6-17(18,19)20)25-13-3-9(14-27-29-30-28-14)2-12(26-13)10-5-22-15-11(10)4-21-7-24-15/h2-5,7-8H,6H2,1H3,(H,23,31)(H,25,26)(H,21,22,24)(H,27,28,29,30)/p+1/t8-/m0/s1. The number of amides is 1. The predicted octanol–water partition coefficient (Wildman–Crippen LogP) is 1.10. The fourth-order valence-corrected chi connectivity index (χ4v) is 2.89. The van der Waals surface area contributed by atoms with Crippen molar-refractivity contribution in [1.82, 2.24) is 40.9 Å². The predicted molar refractivity (Wildman–Crippen MR) is 101 cm³/mol. The first kappa shape index (κ1) is 20.2. The molecule has 160 valence electrons. The zero-order valence-electron chi connectivity index (χ0n) is 15.9. The quantitative estimate of drug-likeness (QED) is 0.355. The molecular weight excluding hydrogens is 417 g/mol. The molecule has 0 bridgehead atoms. The molecule has 0 aliphatic heterocycles. The summed E-state index contributed by atoms with van der Waals surface area (Å²) in [6, 6.07) is 2.31. The first-order valence-electron chi connectivity index (χ1n) is 9.00.